The first-order chi connectivity index (χ1) is 9.15. The molecule has 4 heteroatoms. The van der Waals surface area contributed by atoms with Crippen molar-refractivity contribution in [2.24, 2.45) is 0 Å². The summed E-state index contributed by atoms with van der Waals surface area (Å²) in [5, 5.41) is 0. The van der Waals surface area contributed by atoms with Crippen LogP contribution < -0.4 is 4.74 Å². The summed E-state index contributed by atoms with van der Waals surface area (Å²) in [6.07, 6.45) is 0.614. The molecule has 19 heavy (non-hydrogen) atoms. The second-order valence-electron chi connectivity index (χ2n) is 4.98. The number of morpholine rings is 1. The Hall–Kier alpha value is -1.55. The zero-order valence-corrected chi connectivity index (χ0v) is 11.6. The third-order valence-electron chi connectivity index (χ3n) is 3.01. The van der Waals surface area contributed by atoms with Crippen LogP contribution in [0.1, 0.15) is 19.4 Å². The highest BCUT2D eigenvalue weighted by Gasteiger charge is 2.16. The molecule has 1 aromatic rings. The molecule has 1 fully saturated rings. The van der Waals surface area contributed by atoms with Gasteiger partial charge in [-0.3, -0.25) is 4.79 Å². The van der Waals surface area contributed by atoms with E-state index in [1.807, 2.05) is 43.0 Å². The fourth-order valence-electron chi connectivity index (χ4n) is 2.06. The summed E-state index contributed by atoms with van der Waals surface area (Å²) < 4.78 is 10.8. The van der Waals surface area contributed by atoms with Crippen LogP contribution in [-0.4, -0.2) is 43.2 Å². The second kappa shape index (κ2) is 6.57. The molecule has 1 saturated heterocycles. The minimum Gasteiger partial charge on any atom is -0.491 e. The molecule has 0 spiro atoms. The van der Waals surface area contributed by atoms with E-state index >= 15 is 0 Å². The molecule has 2 rings (SSSR count). The number of nitrogens with zero attached hydrogens (tertiary/aromatic N) is 1. The highest BCUT2D eigenvalue weighted by molar-refractivity contribution is 5.78. The molecule has 1 aliphatic heterocycles. The van der Waals surface area contributed by atoms with Crippen molar-refractivity contribution in [2.75, 3.05) is 26.3 Å². The van der Waals surface area contributed by atoms with Crippen molar-refractivity contribution in [1.82, 2.24) is 4.90 Å². The molecule has 1 aromatic carbocycles. The molecular formula is C15H21NO3. The molecule has 0 radical (unpaired) electrons. The Morgan fingerprint density at radius 1 is 1.26 bits per heavy atom. The molecule has 0 bridgehead atoms. The first-order valence-corrected chi connectivity index (χ1v) is 6.76. The van der Waals surface area contributed by atoms with Crippen molar-refractivity contribution >= 4 is 5.91 Å². The number of carbonyl (C=O) groups excluding carboxylic acids is 1. The van der Waals surface area contributed by atoms with Crippen LogP contribution in [0.15, 0.2) is 24.3 Å². The second-order valence-corrected chi connectivity index (χ2v) is 4.98. The number of ether oxygens (including phenoxy) is 2. The topological polar surface area (TPSA) is 38.8 Å². The third kappa shape index (κ3) is 4.24. The molecule has 0 atom stereocenters. The molecule has 1 heterocycles. The lowest BCUT2D eigenvalue weighted by Gasteiger charge is -2.26. The highest BCUT2D eigenvalue weighted by Crippen LogP contribution is 2.15. The zero-order chi connectivity index (χ0) is 13.7. The Bertz CT molecular complexity index is 408. The maximum absolute atomic E-state index is 12.1. The summed E-state index contributed by atoms with van der Waals surface area (Å²) >= 11 is 0. The van der Waals surface area contributed by atoms with E-state index in [1.54, 1.807) is 0 Å². The molecule has 1 amide bonds. The van der Waals surface area contributed by atoms with Crippen LogP contribution in [0.3, 0.4) is 0 Å². The lowest BCUT2D eigenvalue weighted by molar-refractivity contribution is -0.134. The van der Waals surface area contributed by atoms with Gasteiger partial charge in [0.05, 0.1) is 25.7 Å². The van der Waals surface area contributed by atoms with Crippen LogP contribution in [0.2, 0.25) is 0 Å². The molecular weight excluding hydrogens is 242 g/mol. The van der Waals surface area contributed by atoms with Crippen molar-refractivity contribution in [3.63, 3.8) is 0 Å². The quantitative estimate of drug-likeness (QED) is 0.832. The average Bonchev–Trinajstić information content (AvgIpc) is 2.41. The maximum atomic E-state index is 12.1. The van der Waals surface area contributed by atoms with E-state index in [0.29, 0.717) is 32.7 Å². The van der Waals surface area contributed by atoms with Crippen LogP contribution in [0.4, 0.5) is 0 Å². The van der Waals surface area contributed by atoms with E-state index in [-0.39, 0.29) is 12.0 Å². The van der Waals surface area contributed by atoms with E-state index in [4.69, 9.17) is 9.47 Å². The normalized spacial score (nSPS) is 15.6. The van der Waals surface area contributed by atoms with Gasteiger partial charge in [0, 0.05) is 13.1 Å². The van der Waals surface area contributed by atoms with Crippen LogP contribution in [-0.2, 0) is 16.0 Å². The molecule has 0 saturated carbocycles. The van der Waals surface area contributed by atoms with E-state index in [2.05, 4.69) is 0 Å². The van der Waals surface area contributed by atoms with Gasteiger partial charge in [0.2, 0.25) is 5.91 Å². The predicted molar refractivity (Wildman–Crippen MR) is 73.3 cm³/mol. The third-order valence-corrected chi connectivity index (χ3v) is 3.01. The van der Waals surface area contributed by atoms with Gasteiger partial charge in [0.1, 0.15) is 5.75 Å². The Morgan fingerprint density at radius 3 is 2.47 bits per heavy atom. The van der Waals surface area contributed by atoms with Crippen molar-refractivity contribution < 1.29 is 14.3 Å². The highest BCUT2D eigenvalue weighted by atomic mass is 16.5. The van der Waals surface area contributed by atoms with Crippen molar-refractivity contribution in [2.45, 2.75) is 26.4 Å². The summed E-state index contributed by atoms with van der Waals surface area (Å²) in [4.78, 5) is 13.9. The molecule has 104 valence electrons. The number of amides is 1. The Morgan fingerprint density at radius 2 is 1.89 bits per heavy atom. The van der Waals surface area contributed by atoms with Gasteiger partial charge < -0.3 is 14.4 Å². The fourth-order valence-corrected chi connectivity index (χ4v) is 2.06. The lowest BCUT2D eigenvalue weighted by atomic mass is 10.1. The van der Waals surface area contributed by atoms with Gasteiger partial charge >= 0.3 is 0 Å². The van der Waals surface area contributed by atoms with Crippen molar-refractivity contribution in [3.8, 4) is 5.75 Å². The number of hydrogen-bond donors (Lipinski definition) is 0. The maximum Gasteiger partial charge on any atom is 0.227 e. The van der Waals surface area contributed by atoms with Crippen molar-refractivity contribution in [1.29, 1.82) is 0 Å². The van der Waals surface area contributed by atoms with Gasteiger partial charge in [0.15, 0.2) is 0 Å². The van der Waals surface area contributed by atoms with Gasteiger partial charge in [-0.25, -0.2) is 0 Å². The lowest BCUT2D eigenvalue weighted by Crippen LogP contribution is -2.41. The predicted octanol–water partition coefficient (Wildman–Crippen LogP) is 1.88. The molecule has 4 nitrogen and oxygen atoms in total. The molecule has 0 aromatic heterocycles. The minimum absolute atomic E-state index is 0.167. The first-order valence-electron chi connectivity index (χ1n) is 6.76. The number of hydrogen-bond acceptors (Lipinski definition) is 3. The van der Waals surface area contributed by atoms with Gasteiger partial charge in [-0.1, -0.05) is 12.1 Å². The van der Waals surface area contributed by atoms with Gasteiger partial charge in [0.25, 0.3) is 0 Å². The van der Waals surface area contributed by atoms with Gasteiger partial charge in [-0.2, -0.15) is 0 Å². The Kier molecular flexibility index (Phi) is 4.80. The van der Waals surface area contributed by atoms with Crippen LogP contribution in [0.5, 0.6) is 5.75 Å². The number of rotatable bonds is 4. The molecule has 0 unspecified atom stereocenters. The van der Waals surface area contributed by atoms with Crippen LogP contribution >= 0.6 is 0 Å². The first kappa shape index (κ1) is 13.9. The van der Waals surface area contributed by atoms with Crippen LogP contribution in [0, 0.1) is 0 Å². The standard InChI is InChI=1S/C15H21NO3/c1-12(2)19-14-5-3-13(4-6-14)11-15(17)16-7-9-18-10-8-16/h3-6,12H,7-11H2,1-2H3. The van der Waals surface area contributed by atoms with E-state index < -0.39 is 0 Å². The van der Waals surface area contributed by atoms with E-state index in [0.717, 1.165) is 11.3 Å². The number of carbonyl (C=O) groups is 1. The summed E-state index contributed by atoms with van der Waals surface area (Å²) in [6, 6.07) is 7.75. The molecule has 0 N–H and O–H groups in total. The van der Waals surface area contributed by atoms with Gasteiger partial charge in [-0.15, -0.1) is 0 Å². The number of benzene rings is 1. The van der Waals surface area contributed by atoms with Crippen molar-refractivity contribution in [3.05, 3.63) is 29.8 Å². The summed E-state index contributed by atoms with van der Waals surface area (Å²) in [5.74, 6) is 1.01. The fraction of sp³-hybridized carbons (Fsp3) is 0.533. The smallest absolute Gasteiger partial charge is 0.227 e. The Labute approximate surface area is 114 Å². The SMILES string of the molecule is CC(C)Oc1ccc(CC(=O)N2CCOCC2)cc1. The zero-order valence-electron chi connectivity index (χ0n) is 11.6. The molecule has 0 aliphatic carbocycles. The molecule has 1 aliphatic rings. The average molecular weight is 263 g/mol. The monoisotopic (exact) mass is 263 g/mol. The Balaban J connectivity index is 1.89. The minimum atomic E-state index is 0.167. The van der Waals surface area contributed by atoms with E-state index in [1.165, 1.54) is 0 Å². The van der Waals surface area contributed by atoms with Crippen LogP contribution in [0.25, 0.3) is 0 Å². The summed E-state index contributed by atoms with van der Waals surface area (Å²) in [5.41, 5.74) is 1.02. The largest absolute Gasteiger partial charge is 0.491 e. The van der Waals surface area contributed by atoms with E-state index in [9.17, 15) is 4.79 Å². The summed E-state index contributed by atoms with van der Waals surface area (Å²) in [6.45, 7) is 6.69. The van der Waals surface area contributed by atoms with Gasteiger partial charge in [-0.05, 0) is 31.5 Å². The summed E-state index contributed by atoms with van der Waals surface area (Å²) in [7, 11) is 0.